The number of nitrogens with two attached hydrogens (primary N) is 1. The number of benzene rings is 2. The van der Waals surface area contributed by atoms with E-state index in [1.165, 1.54) is 7.11 Å². The molecule has 31 heavy (non-hydrogen) atoms. The number of ether oxygens (including phenoxy) is 2. The lowest BCUT2D eigenvalue weighted by molar-refractivity contribution is -0.121. The van der Waals surface area contributed by atoms with Crippen LogP contribution in [0.5, 0.6) is 5.75 Å². The number of methoxy groups -OCH3 is 1. The van der Waals surface area contributed by atoms with Crippen LogP contribution in [0.4, 0.5) is 4.79 Å². The Morgan fingerprint density at radius 2 is 1.77 bits per heavy atom. The van der Waals surface area contributed by atoms with Crippen LogP contribution < -0.4 is 15.8 Å². The van der Waals surface area contributed by atoms with Gasteiger partial charge >= 0.3 is 6.09 Å². The van der Waals surface area contributed by atoms with E-state index in [1.807, 2.05) is 37.3 Å². The monoisotopic (exact) mass is 426 g/mol. The highest BCUT2D eigenvalue weighted by atomic mass is 16.5. The van der Waals surface area contributed by atoms with Crippen molar-refractivity contribution in [3.05, 3.63) is 65.2 Å². The first kappa shape index (κ1) is 23.9. The van der Waals surface area contributed by atoms with Gasteiger partial charge in [-0.05, 0) is 36.1 Å². The average Bonchev–Trinajstić information content (AvgIpc) is 2.77. The van der Waals surface area contributed by atoms with E-state index in [4.69, 9.17) is 15.2 Å². The van der Waals surface area contributed by atoms with Crippen LogP contribution in [0.25, 0.3) is 0 Å². The van der Waals surface area contributed by atoms with Gasteiger partial charge in [-0.1, -0.05) is 49.7 Å². The Morgan fingerprint density at radius 3 is 2.45 bits per heavy atom. The lowest BCUT2D eigenvalue weighted by Gasteiger charge is -2.12. The van der Waals surface area contributed by atoms with E-state index >= 15 is 0 Å². The van der Waals surface area contributed by atoms with Crippen molar-refractivity contribution in [2.24, 2.45) is 11.7 Å². The molecule has 2 aromatic carbocycles. The number of hydrogen-bond donors (Lipinski definition) is 2. The van der Waals surface area contributed by atoms with Crippen molar-refractivity contribution in [2.45, 2.75) is 39.2 Å². The first-order valence-electron chi connectivity index (χ1n) is 10.3. The second-order valence-electron chi connectivity index (χ2n) is 7.43. The molecule has 1 atom stereocenters. The summed E-state index contributed by atoms with van der Waals surface area (Å²) < 4.78 is 10.3. The zero-order chi connectivity index (χ0) is 22.6. The van der Waals surface area contributed by atoms with Crippen LogP contribution in [-0.4, -0.2) is 31.4 Å². The minimum absolute atomic E-state index is 0.0933. The SMILES string of the molecule is COc1ccc(CC(=O)[C@@H](C)CCCCNC(=O)OCc2ccccc2)cc1C(N)=O. The van der Waals surface area contributed by atoms with E-state index in [0.29, 0.717) is 12.3 Å². The quantitative estimate of drug-likeness (QED) is 0.504. The molecule has 0 heterocycles. The first-order chi connectivity index (χ1) is 14.9. The highest BCUT2D eigenvalue weighted by molar-refractivity contribution is 5.96. The van der Waals surface area contributed by atoms with E-state index in [-0.39, 0.29) is 30.3 Å². The second-order valence-corrected chi connectivity index (χ2v) is 7.43. The van der Waals surface area contributed by atoms with E-state index in [9.17, 15) is 14.4 Å². The van der Waals surface area contributed by atoms with Gasteiger partial charge in [-0.25, -0.2) is 4.79 Å². The van der Waals surface area contributed by atoms with E-state index in [1.54, 1.807) is 18.2 Å². The fourth-order valence-corrected chi connectivity index (χ4v) is 3.13. The number of carbonyl (C=O) groups excluding carboxylic acids is 3. The molecule has 7 heteroatoms. The molecule has 0 fully saturated rings. The Labute approximate surface area is 182 Å². The summed E-state index contributed by atoms with van der Waals surface area (Å²) in [5.74, 6) is -0.222. The number of amides is 2. The van der Waals surface area contributed by atoms with Gasteiger partial charge in [0.25, 0.3) is 5.91 Å². The van der Waals surface area contributed by atoms with Gasteiger partial charge in [0, 0.05) is 18.9 Å². The normalized spacial score (nSPS) is 11.4. The van der Waals surface area contributed by atoms with Gasteiger partial charge in [-0.2, -0.15) is 0 Å². The Morgan fingerprint density at radius 1 is 1.03 bits per heavy atom. The summed E-state index contributed by atoms with van der Waals surface area (Å²) in [4.78, 5) is 35.8. The molecule has 166 valence electrons. The minimum atomic E-state index is -0.589. The lowest BCUT2D eigenvalue weighted by Crippen LogP contribution is -2.25. The van der Waals surface area contributed by atoms with Crippen molar-refractivity contribution in [1.82, 2.24) is 5.32 Å². The van der Waals surface area contributed by atoms with Crippen molar-refractivity contribution in [1.29, 1.82) is 0 Å². The van der Waals surface area contributed by atoms with Crippen molar-refractivity contribution < 1.29 is 23.9 Å². The van der Waals surface area contributed by atoms with E-state index < -0.39 is 12.0 Å². The zero-order valence-electron chi connectivity index (χ0n) is 18.1. The minimum Gasteiger partial charge on any atom is -0.496 e. The number of hydrogen-bond acceptors (Lipinski definition) is 5. The van der Waals surface area contributed by atoms with Crippen LogP contribution in [0, 0.1) is 5.92 Å². The largest absolute Gasteiger partial charge is 0.496 e. The Hall–Kier alpha value is -3.35. The predicted molar refractivity (Wildman–Crippen MR) is 118 cm³/mol. The Balaban J connectivity index is 1.66. The maximum Gasteiger partial charge on any atom is 0.407 e. The van der Waals surface area contributed by atoms with Crippen LogP contribution >= 0.6 is 0 Å². The van der Waals surface area contributed by atoms with Crippen LogP contribution in [0.1, 0.15) is 47.7 Å². The summed E-state index contributed by atoms with van der Waals surface area (Å²) in [6, 6.07) is 14.5. The molecule has 0 aliphatic carbocycles. The van der Waals surface area contributed by atoms with Gasteiger partial charge in [0.05, 0.1) is 12.7 Å². The summed E-state index contributed by atoms with van der Waals surface area (Å²) in [7, 11) is 1.46. The molecular formula is C24H30N2O5. The second kappa shape index (κ2) is 12.4. The number of ketones is 1. The van der Waals surface area contributed by atoms with Gasteiger partial charge in [0.1, 0.15) is 18.1 Å². The zero-order valence-corrected chi connectivity index (χ0v) is 18.1. The number of unbranched alkanes of at least 4 members (excludes halogenated alkanes) is 1. The fourth-order valence-electron chi connectivity index (χ4n) is 3.13. The van der Waals surface area contributed by atoms with Crippen LogP contribution in [0.2, 0.25) is 0 Å². The molecule has 7 nitrogen and oxygen atoms in total. The molecule has 3 N–H and O–H groups in total. The van der Waals surface area contributed by atoms with Gasteiger partial charge < -0.3 is 20.5 Å². The molecule has 0 spiro atoms. The predicted octanol–water partition coefficient (Wildman–Crippen LogP) is 3.64. The third-order valence-electron chi connectivity index (χ3n) is 5.00. The number of rotatable bonds is 12. The van der Waals surface area contributed by atoms with E-state index in [0.717, 1.165) is 30.4 Å². The topological polar surface area (TPSA) is 108 Å². The molecule has 0 unspecified atom stereocenters. The summed E-state index contributed by atoms with van der Waals surface area (Å²) in [5, 5.41) is 2.72. The van der Waals surface area contributed by atoms with Crippen molar-refractivity contribution in [3.8, 4) is 5.75 Å². The van der Waals surface area contributed by atoms with Crippen molar-refractivity contribution in [2.75, 3.05) is 13.7 Å². The summed E-state index contributed by atoms with van der Waals surface area (Å²) in [5.41, 5.74) is 7.31. The van der Waals surface area contributed by atoms with Gasteiger partial charge in [0.2, 0.25) is 0 Å². The third kappa shape index (κ3) is 8.12. The molecule has 0 saturated carbocycles. The maximum atomic E-state index is 12.5. The average molecular weight is 427 g/mol. The molecule has 0 aliphatic heterocycles. The van der Waals surface area contributed by atoms with Crippen molar-refractivity contribution >= 4 is 17.8 Å². The number of primary amides is 1. The number of carbonyl (C=O) groups is 3. The summed E-state index contributed by atoms with van der Waals surface area (Å²) >= 11 is 0. The van der Waals surface area contributed by atoms with Crippen molar-refractivity contribution in [3.63, 3.8) is 0 Å². The third-order valence-corrected chi connectivity index (χ3v) is 5.00. The molecule has 0 aliphatic rings. The van der Waals surface area contributed by atoms with Gasteiger partial charge in [0.15, 0.2) is 0 Å². The van der Waals surface area contributed by atoms with Gasteiger partial charge in [-0.3, -0.25) is 9.59 Å². The van der Waals surface area contributed by atoms with Crippen LogP contribution in [-0.2, 0) is 22.6 Å². The first-order valence-corrected chi connectivity index (χ1v) is 10.3. The maximum absolute atomic E-state index is 12.5. The van der Waals surface area contributed by atoms with Crippen LogP contribution in [0.15, 0.2) is 48.5 Å². The molecule has 2 amide bonds. The molecule has 0 bridgehead atoms. The number of alkyl carbamates (subject to hydrolysis) is 1. The Kier molecular flexibility index (Phi) is 9.55. The number of nitrogens with one attached hydrogen (secondary N) is 1. The smallest absolute Gasteiger partial charge is 0.407 e. The standard InChI is InChI=1S/C24H30N2O5/c1-17(21(27)15-19-11-12-22(30-2)20(14-19)23(25)28)8-6-7-13-26-24(29)31-16-18-9-4-3-5-10-18/h3-5,9-12,14,17H,6-8,13,15-16H2,1-2H3,(H2,25,28)(H,26,29)/t17-/m0/s1. The molecule has 0 aromatic heterocycles. The molecular weight excluding hydrogens is 396 g/mol. The molecule has 0 radical (unpaired) electrons. The highest BCUT2D eigenvalue weighted by Gasteiger charge is 2.16. The molecule has 0 saturated heterocycles. The molecule has 2 rings (SSSR count). The van der Waals surface area contributed by atoms with Gasteiger partial charge in [-0.15, -0.1) is 0 Å². The Bertz CT molecular complexity index is 883. The summed E-state index contributed by atoms with van der Waals surface area (Å²) in [6.07, 6.45) is 2.07. The fraction of sp³-hybridized carbons (Fsp3) is 0.375. The highest BCUT2D eigenvalue weighted by Crippen LogP contribution is 2.21. The number of Topliss-reactive ketones (excluding diaryl/α,β-unsaturated/α-hetero) is 1. The lowest BCUT2D eigenvalue weighted by atomic mass is 9.94. The van der Waals surface area contributed by atoms with Crippen LogP contribution in [0.3, 0.4) is 0 Å². The summed E-state index contributed by atoms with van der Waals surface area (Å²) in [6.45, 7) is 2.62. The molecule has 2 aromatic rings. The van der Waals surface area contributed by atoms with E-state index in [2.05, 4.69) is 5.32 Å².